The normalized spacial score (nSPS) is 15.2. The molecule has 0 aliphatic heterocycles. The molecule has 0 radical (unpaired) electrons. The molecule has 3 heteroatoms. The fourth-order valence-electron chi connectivity index (χ4n) is 4.91. The number of carbonyl (C=O) groups is 1. The quantitative estimate of drug-likeness (QED) is 0.223. The maximum Gasteiger partial charge on any atom is 0.321 e. The van der Waals surface area contributed by atoms with Crippen LogP contribution in [-0.2, 0) is 23.1 Å². The number of ether oxygens (including phenoxy) is 1. The molecule has 1 saturated carbocycles. The van der Waals surface area contributed by atoms with Crippen molar-refractivity contribution in [2.75, 3.05) is 0 Å². The summed E-state index contributed by atoms with van der Waals surface area (Å²) < 4.78 is 5.95. The van der Waals surface area contributed by atoms with Crippen LogP contribution in [0.1, 0.15) is 100 Å². The molecule has 1 fully saturated rings. The van der Waals surface area contributed by atoms with E-state index in [9.17, 15) is 10.1 Å². The van der Waals surface area contributed by atoms with Gasteiger partial charge in [0.05, 0.1) is 11.0 Å². The van der Waals surface area contributed by atoms with E-state index >= 15 is 0 Å². The lowest BCUT2D eigenvalue weighted by molar-refractivity contribution is -0.142. The van der Waals surface area contributed by atoms with Crippen LogP contribution in [0.3, 0.4) is 0 Å². The molecule has 0 N–H and O–H groups in total. The lowest BCUT2D eigenvalue weighted by Gasteiger charge is -2.35. The lowest BCUT2D eigenvalue weighted by atomic mass is 9.69. The molecular formula is C29H37NO2. The number of carbonyl (C=O) groups excluding carboxylic acids is 1. The molecule has 0 saturated heterocycles. The van der Waals surface area contributed by atoms with Crippen molar-refractivity contribution in [3.8, 4) is 11.8 Å². The van der Waals surface area contributed by atoms with Crippen molar-refractivity contribution in [2.24, 2.45) is 0 Å². The Balaban J connectivity index is 1.80. The second kappa shape index (κ2) is 11.9. The van der Waals surface area contributed by atoms with Gasteiger partial charge in [-0.1, -0.05) is 89.1 Å². The zero-order valence-electron chi connectivity index (χ0n) is 19.8. The number of nitriles is 1. The van der Waals surface area contributed by atoms with E-state index in [1.807, 2.05) is 18.2 Å². The monoisotopic (exact) mass is 431 g/mol. The third-order valence-corrected chi connectivity index (χ3v) is 6.83. The highest BCUT2D eigenvalue weighted by Crippen LogP contribution is 2.41. The highest BCUT2D eigenvalue weighted by Gasteiger charge is 2.43. The van der Waals surface area contributed by atoms with Gasteiger partial charge in [0.2, 0.25) is 0 Å². The van der Waals surface area contributed by atoms with Gasteiger partial charge in [0, 0.05) is 0 Å². The van der Waals surface area contributed by atoms with Gasteiger partial charge in [-0.3, -0.25) is 4.79 Å². The topological polar surface area (TPSA) is 50.1 Å². The average molecular weight is 432 g/mol. The predicted molar refractivity (Wildman–Crippen MR) is 130 cm³/mol. The summed E-state index contributed by atoms with van der Waals surface area (Å²) in [6.45, 7) is 4.38. The number of unbranched alkanes of at least 4 members (excludes halogenated alkanes) is 3. The third-order valence-electron chi connectivity index (χ3n) is 6.83. The number of rotatable bonds is 10. The number of esters is 1. The van der Waals surface area contributed by atoms with Crippen LogP contribution in [0.2, 0.25) is 0 Å². The first-order valence-corrected chi connectivity index (χ1v) is 12.5. The lowest BCUT2D eigenvalue weighted by Crippen LogP contribution is -2.41. The van der Waals surface area contributed by atoms with E-state index in [4.69, 9.17) is 4.74 Å². The first kappa shape index (κ1) is 24.1. The third kappa shape index (κ3) is 5.80. The van der Waals surface area contributed by atoms with E-state index in [0.717, 1.165) is 68.9 Å². The Hall–Kier alpha value is -2.60. The molecule has 3 rings (SSSR count). The highest BCUT2D eigenvalue weighted by atomic mass is 16.5. The molecule has 0 amide bonds. The van der Waals surface area contributed by atoms with E-state index in [1.165, 1.54) is 24.8 Å². The van der Waals surface area contributed by atoms with Crippen LogP contribution in [0.5, 0.6) is 5.75 Å². The van der Waals surface area contributed by atoms with Gasteiger partial charge < -0.3 is 4.74 Å². The number of hydrogen-bond donors (Lipinski definition) is 0. The Morgan fingerprint density at radius 3 is 2.28 bits per heavy atom. The Morgan fingerprint density at radius 1 is 0.906 bits per heavy atom. The maximum atomic E-state index is 13.6. The molecule has 170 valence electrons. The summed E-state index contributed by atoms with van der Waals surface area (Å²) in [6.07, 6.45) is 12.7. The van der Waals surface area contributed by atoms with Crippen molar-refractivity contribution < 1.29 is 9.53 Å². The molecule has 2 aromatic rings. The molecule has 0 bridgehead atoms. The van der Waals surface area contributed by atoms with E-state index in [2.05, 4.69) is 44.2 Å². The molecule has 0 unspecified atom stereocenters. The largest absolute Gasteiger partial charge is 0.424 e. The van der Waals surface area contributed by atoms with Gasteiger partial charge in [-0.2, -0.15) is 5.26 Å². The summed E-state index contributed by atoms with van der Waals surface area (Å²) in [6, 6.07) is 16.5. The minimum Gasteiger partial charge on any atom is -0.424 e. The molecule has 32 heavy (non-hydrogen) atoms. The summed E-state index contributed by atoms with van der Waals surface area (Å²) in [5, 5.41) is 9.70. The number of hydrogen-bond acceptors (Lipinski definition) is 3. The van der Waals surface area contributed by atoms with Crippen LogP contribution in [-0.4, -0.2) is 5.97 Å². The smallest absolute Gasteiger partial charge is 0.321 e. The van der Waals surface area contributed by atoms with Crippen LogP contribution >= 0.6 is 0 Å². The van der Waals surface area contributed by atoms with Crippen LogP contribution in [0.4, 0.5) is 0 Å². The minimum absolute atomic E-state index is 0.215. The van der Waals surface area contributed by atoms with Crippen LogP contribution in [0.25, 0.3) is 0 Å². The first-order valence-electron chi connectivity index (χ1n) is 12.5. The summed E-state index contributed by atoms with van der Waals surface area (Å²) in [5.41, 5.74) is 3.33. The van der Waals surface area contributed by atoms with Crippen molar-refractivity contribution >= 4 is 5.97 Å². The molecule has 1 aliphatic rings. The molecule has 1 aliphatic carbocycles. The van der Waals surface area contributed by atoms with Gasteiger partial charge in [0.1, 0.15) is 11.8 Å². The Labute approximate surface area is 193 Å². The van der Waals surface area contributed by atoms with Crippen molar-refractivity contribution in [1.82, 2.24) is 0 Å². The number of benzene rings is 2. The second-order valence-electron chi connectivity index (χ2n) is 9.23. The Bertz CT molecular complexity index is 917. The predicted octanol–water partition coefficient (Wildman–Crippen LogP) is 7.44. The number of aryl methyl sites for hydroxylation is 2. The average Bonchev–Trinajstić information content (AvgIpc) is 2.83. The zero-order valence-corrected chi connectivity index (χ0v) is 19.8. The van der Waals surface area contributed by atoms with Crippen molar-refractivity contribution in [3.05, 3.63) is 64.7 Å². The van der Waals surface area contributed by atoms with Crippen molar-refractivity contribution in [3.63, 3.8) is 0 Å². The minimum atomic E-state index is -0.617. The van der Waals surface area contributed by atoms with Gasteiger partial charge in [0.25, 0.3) is 0 Å². The Kier molecular flexibility index (Phi) is 8.91. The maximum absolute atomic E-state index is 13.6. The molecule has 2 aromatic carbocycles. The van der Waals surface area contributed by atoms with Crippen LogP contribution in [0.15, 0.2) is 42.5 Å². The van der Waals surface area contributed by atoms with Gasteiger partial charge in [0.15, 0.2) is 0 Å². The standard InChI is InChI=1S/C29H37NO2/c1-3-5-6-8-12-24-15-18-27(25(21-24)22-30)32-28(31)29(19-9-7-10-20-29)26-16-13-23(11-4-2)14-17-26/h13-18,21H,3-12,19-20H2,1-2H3. The molecule has 0 atom stereocenters. The molecule has 0 heterocycles. The first-order chi connectivity index (χ1) is 15.6. The summed E-state index contributed by atoms with van der Waals surface area (Å²) in [4.78, 5) is 13.6. The second-order valence-corrected chi connectivity index (χ2v) is 9.23. The molecule has 0 aromatic heterocycles. The highest BCUT2D eigenvalue weighted by molar-refractivity contribution is 5.85. The van der Waals surface area contributed by atoms with Gasteiger partial charge in [-0.15, -0.1) is 0 Å². The van der Waals surface area contributed by atoms with Crippen molar-refractivity contribution in [1.29, 1.82) is 5.26 Å². The van der Waals surface area contributed by atoms with Crippen molar-refractivity contribution in [2.45, 2.75) is 96.3 Å². The van der Waals surface area contributed by atoms with E-state index in [-0.39, 0.29) is 5.97 Å². The van der Waals surface area contributed by atoms with Gasteiger partial charge >= 0.3 is 5.97 Å². The van der Waals surface area contributed by atoms with Gasteiger partial charge in [-0.25, -0.2) is 0 Å². The molecule has 0 spiro atoms. The fourth-order valence-corrected chi connectivity index (χ4v) is 4.91. The van der Waals surface area contributed by atoms with E-state index in [0.29, 0.717) is 11.3 Å². The SMILES string of the molecule is CCCCCCc1ccc(OC(=O)C2(c3ccc(CCC)cc3)CCCCC2)c(C#N)c1. The summed E-state index contributed by atoms with van der Waals surface area (Å²) in [7, 11) is 0. The number of nitrogens with zero attached hydrogens (tertiary/aromatic N) is 1. The summed E-state index contributed by atoms with van der Waals surface area (Å²) in [5.74, 6) is 0.176. The van der Waals surface area contributed by atoms with Crippen LogP contribution in [0, 0.1) is 11.3 Å². The van der Waals surface area contributed by atoms with Crippen LogP contribution < -0.4 is 4.74 Å². The zero-order chi connectivity index (χ0) is 22.8. The molecule has 3 nitrogen and oxygen atoms in total. The van der Waals surface area contributed by atoms with Gasteiger partial charge in [-0.05, 0) is 60.9 Å². The molecular weight excluding hydrogens is 394 g/mol. The summed E-state index contributed by atoms with van der Waals surface area (Å²) >= 11 is 0. The Morgan fingerprint density at radius 2 is 1.62 bits per heavy atom. The van der Waals surface area contributed by atoms with E-state index in [1.54, 1.807) is 0 Å². The van der Waals surface area contributed by atoms with E-state index < -0.39 is 5.41 Å². The fraction of sp³-hybridized carbons (Fsp3) is 0.517.